The van der Waals surface area contributed by atoms with Crippen LogP contribution >= 0.6 is 0 Å². The van der Waals surface area contributed by atoms with Gasteiger partial charge in [-0.3, -0.25) is 4.79 Å². The molecule has 0 spiro atoms. The van der Waals surface area contributed by atoms with Crippen molar-refractivity contribution in [1.82, 2.24) is 4.90 Å². The van der Waals surface area contributed by atoms with Gasteiger partial charge < -0.3 is 10.6 Å². The van der Waals surface area contributed by atoms with Crippen LogP contribution in [0.4, 0.5) is 0 Å². The van der Waals surface area contributed by atoms with E-state index >= 15 is 0 Å². The van der Waals surface area contributed by atoms with Gasteiger partial charge in [-0.25, -0.2) is 0 Å². The molecular weight excluding hydrogens is 128 g/mol. The molecular formula is C7H14N2O. The van der Waals surface area contributed by atoms with Crippen LogP contribution in [0.15, 0.2) is 12.2 Å². The van der Waals surface area contributed by atoms with Gasteiger partial charge in [0, 0.05) is 13.6 Å². The van der Waals surface area contributed by atoms with Gasteiger partial charge in [0.15, 0.2) is 0 Å². The molecule has 0 unspecified atom stereocenters. The number of nitrogens with two attached hydrogens (primary N) is 1. The van der Waals surface area contributed by atoms with Gasteiger partial charge in [0.2, 0.25) is 5.91 Å². The lowest BCUT2D eigenvalue weighted by atomic mass is 10.3. The van der Waals surface area contributed by atoms with Crippen LogP contribution in [0.25, 0.3) is 0 Å². The monoisotopic (exact) mass is 142 g/mol. The Labute approximate surface area is 61.5 Å². The number of amides is 1. The van der Waals surface area contributed by atoms with E-state index in [0.717, 1.165) is 5.57 Å². The number of likely N-dealkylation sites (N-methyl/N-ethyl adjacent to an activating group) is 1. The molecule has 0 saturated carbocycles. The van der Waals surface area contributed by atoms with Crippen molar-refractivity contribution in [2.45, 2.75) is 6.92 Å². The maximum absolute atomic E-state index is 10.8. The van der Waals surface area contributed by atoms with Crippen molar-refractivity contribution < 1.29 is 4.79 Å². The molecule has 0 aromatic rings. The Hall–Kier alpha value is -0.830. The molecule has 0 saturated heterocycles. The van der Waals surface area contributed by atoms with Crippen LogP contribution in [0.3, 0.4) is 0 Å². The molecule has 0 radical (unpaired) electrons. The fourth-order valence-corrected chi connectivity index (χ4v) is 0.649. The smallest absolute Gasteiger partial charge is 0.236 e. The third-order valence-corrected chi connectivity index (χ3v) is 1.11. The summed E-state index contributed by atoms with van der Waals surface area (Å²) in [6.07, 6.45) is 0. The van der Waals surface area contributed by atoms with Crippen LogP contribution in [0, 0.1) is 0 Å². The predicted octanol–water partition coefficient (Wildman–Crippen LogP) is -0.0204. The highest BCUT2D eigenvalue weighted by atomic mass is 16.2. The lowest BCUT2D eigenvalue weighted by Gasteiger charge is -2.15. The third kappa shape index (κ3) is 3.25. The molecule has 0 aliphatic heterocycles. The first-order valence-corrected chi connectivity index (χ1v) is 3.16. The van der Waals surface area contributed by atoms with Crippen LogP contribution < -0.4 is 5.73 Å². The molecule has 0 aromatic carbocycles. The molecule has 1 amide bonds. The molecule has 0 aliphatic rings. The minimum Gasteiger partial charge on any atom is -0.341 e. The summed E-state index contributed by atoms with van der Waals surface area (Å²) in [5.41, 5.74) is 6.09. The van der Waals surface area contributed by atoms with E-state index in [1.165, 1.54) is 0 Å². The largest absolute Gasteiger partial charge is 0.341 e. The Balaban J connectivity index is 3.72. The standard InChI is InChI=1S/C7H14N2O/c1-6(2)5-9(3)7(10)4-8/h1,4-5,8H2,2-3H3. The summed E-state index contributed by atoms with van der Waals surface area (Å²) in [5.74, 6) is -0.0528. The Kier molecular flexibility index (Phi) is 3.72. The quantitative estimate of drug-likeness (QED) is 0.563. The topological polar surface area (TPSA) is 46.3 Å². The van der Waals surface area contributed by atoms with Crippen molar-refractivity contribution >= 4 is 5.91 Å². The van der Waals surface area contributed by atoms with Crippen LogP contribution in [0.2, 0.25) is 0 Å². The molecule has 3 nitrogen and oxygen atoms in total. The Bertz CT molecular complexity index is 143. The maximum Gasteiger partial charge on any atom is 0.236 e. The zero-order valence-electron chi connectivity index (χ0n) is 6.55. The molecule has 58 valence electrons. The van der Waals surface area contributed by atoms with Gasteiger partial charge in [-0.15, -0.1) is 0 Å². The Morgan fingerprint density at radius 2 is 2.20 bits per heavy atom. The first-order chi connectivity index (χ1) is 4.57. The van der Waals surface area contributed by atoms with Gasteiger partial charge >= 0.3 is 0 Å². The van der Waals surface area contributed by atoms with E-state index in [2.05, 4.69) is 6.58 Å². The summed E-state index contributed by atoms with van der Waals surface area (Å²) in [6, 6.07) is 0. The van der Waals surface area contributed by atoms with Crippen molar-refractivity contribution in [3.05, 3.63) is 12.2 Å². The van der Waals surface area contributed by atoms with E-state index in [1.54, 1.807) is 11.9 Å². The Morgan fingerprint density at radius 1 is 1.70 bits per heavy atom. The minimum atomic E-state index is -0.0528. The number of rotatable bonds is 3. The van der Waals surface area contributed by atoms with Crippen molar-refractivity contribution in [1.29, 1.82) is 0 Å². The summed E-state index contributed by atoms with van der Waals surface area (Å²) in [6.45, 7) is 6.22. The highest BCUT2D eigenvalue weighted by Gasteiger charge is 2.03. The van der Waals surface area contributed by atoms with Crippen molar-refractivity contribution in [2.24, 2.45) is 5.73 Å². The fourth-order valence-electron chi connectivity index (χ4n) is 0.649. The second-order valence-electron chi connectivity index (χ2n) is 2.41. The number of hydrogen-bond acceptors (Lipinski definition) is 2. The normalized spacial score (nSPS) is 9.10. The molecule has 0 fully saturated rings. The van der Waals surface area contributed by atoms with Crippen LogP contribution in [-0.4, -0.2) is 30.9 Å². The third-order valence-electron chi connectivity index (χ3n) is 1.11. The van der Waals surface area contributed by atoms with Gasteiger partial charge in [-0.05, 0) is 6.92 Å². The molecule has 0 heterocycles. The van der Waals surface area contributed by atoms with E-state index in [0.29, 0.717) is 6.54 Å². The van der Waals surface area contributed by atoms with Crippen molar-refractivity contribution in [2.75, 3.05) is 20.1 Å². The number of carbonyl (C=O) groups is 1. The van der Waals surface area contributed by atoms with E-state index < -0.39 is 0 Å². The molecule has 0 rings (SSSR count). The molecule has 0 atom stereocenters. The van der Waals surface area contributed by atoms with Crippen molar-refractivity contribution in [3.63, 3.8) is 0 Å². The summed E-state index contributed by atoms with van der Waals surface area (Å²) in [5, 5.41) is 0. The van der Waals surface area contributed by atoms with Gasteiger partial charge in [-0.1, -0.05) is 12.2 Å². The number of hydrogen-bond donors (Lipinski definition) is 1. The van der Waals surface area contributed by atoms with Gasteiger partial charge in [0.1, 0.15) is 0 Å². The minimum absolute atomic E-state index is 0.0528. The fraction of sp³-hybridized carbons (Fsp3) is 0.571. The molecule has 0 aromatic heterocycles. The summed E-state index contributed by atoms with van der Waals surface area (Å²) in [7, 11) is 1.71. The van der Waals surface area contributed by atoms with Crippen LogP contribution in [-0.2, 0) is 4.79 Å². The number of nitrogens with zero attached hydrogens (tertiary/aromatic N) is 1. The summed E-state index contributed by atoms with van der Waals surface area (Å²) < 4.78 is 0. The second-order valence-corrected chi connectivity index (χ2v) is 2.41. The van der Waals surface area contributed by atoms with Crippen LogP contribution in [0.1, 0.15) is 6.92 Å². The molecule has 10 heavy (non-hydrogen) atoms. The Morgan fingerprint density at radius 3 is 2.50 bits per heavy atom. The molecule has 0 bridgehead atoms. The van der Waals surface area contributed by atoms with E-state index in [-0.39, 0.29) is 12.5 Å². The van der Waals surface area contributed by atoms with Gasteiger partial charge in [0.05, 0.1) is 6.54 Å². The first kappa shape index (κ1) is 9.17. The second kappa shape index (κ2) is 4.06. The highest BCUT2D eigenvalue weighted by molar-refractivity contribution is 5.77. The number of carbonyl (C=O) groups excluding carboxylic acids is 1. The molecule has 2 N–H and O–H groups in total. The maximum atomic E-state index is 10.8. The SMILES string of the molecule is C=C(C)CN(C)C(=O)CN. The lowest BCUT2D eigenvalue weighted by Crippen LogP contribution is -2.33. The predicted molar refractivity (Wildman–Crippen MR) is 41.5 cm³/mol. The van der Waals surface area contributed by atoms with Crippen LogP contribution in [0.5, 0.6) is 0 Å². The van der Waals surface area contributed by atoms with Gasteiger partial charge in [-0.2, -0.15) is 0 Å². The van der Waals surface area contributed by atoms with E-state index in [9.17, 15) is 4.79 Å². The zero-order chi connectivity index (χ0) is 8.15. The molecule has 3 heteroatoms. The van der Waals surface area contributed by atoms with Gasteiger partial charge in [0.25, 0.3) is 0 Å². The highest BCUT2D eigenvalue weighted by Crippen LogP contribution is 1.91. The average molecular weight is 142 g/mol. The zero-order valence-corrected chi connectivity index (χ0v) is 6.55. The summed E-state index contributed by atoms with van der Waals surface area (Å²) >= 11 is 0. The van der Waals surface area contributed by atoms with Crippen molar-refractivity contribution in [3.8, 4) is 0 Å². The first-order valence-electron chi connectivity index (χ1n) is 3.16. The summed E-state index contributed by atoms with van der Waals surface area (Å²) in [4.78, 5) is 12.4. The lowest BCUT2D eigenvalue weighted by molar-refractivity contribution is -0.127. The van der Waals surface area contributed by atoms with E-state index in [4.69, 9.17) is 5.73 Å². The average Bonchev–Trinajstić information content (AvgIpc) is 1.85. The van der Waals surface area contributed by atoms with E-state index in [1.807, 2.05) is 6.92 Å². The molecule has 0 aliphatic carbocycles.